The molecule has 0 unspecified atom stereocenters. The standard InChI is InChI=1S/C15H10BrN3O2/c16-10-4-5-12-9(7-10)8-11(14(17)21-12)15(20)19-13-3-1-2-6-18-13/h1-8,17H,(H,18,19,20). The Kier molecular flexibility index (Phi) is 3.53. The van der Waals surface area contributed by atoms with Crippen LogP contribution in [0.4, 0.5) is 5.82 Å². The Bertz CT molecular complexity index is 875. The number of carbonyl (C=O) groups is 1. The maximum atomic E-state index is 12.2. The number of hydrogen-bond acceptors (Lipinski definition) is 4. The van der Waals surface area contributed by atoms with Gasteiger partial charge >= 0.3 is 0 Å². The van der Waals surface area contributed by atoms with Gasteiger partial charge in [0, 0.05) is 16.1 Å². The SMILES string of the molecule is N=c1oc2ccc(Br)cc2cc1C(=O)Nc1ccccn1. The maximum Gasteiger partial charge on any atom is 0.262 e. The average molecular weight is 344 g/mol. The predicted molar refractivity (Wildman–Crippen MR) is 82.0 cm³/mol. The number of nitrogens with zero attached hydrogens (tertiary/aromatic N) is 1. The molecule has 21 heavy (non-hydrogen) atoms. The molecule has 0 fully saturated rings. The molecule has 0 saturated heterocycles. The number of hydrogen-bond donors (Lipinski definition) is 2. The first kappa shape index (κ1) is 13.5. The van der Waals surface area contributed by atoms with Crippen molar-refractivity contribution in [2.75, 3.05) is 5.32 Å². The van der Waals surface area contributed by atoms with Crippen molar-refractivity contribution in [3.63, 3.8) is 0 Å². The van der Waals surface area contributed by atoms with E-state index in [1.807, 2.05) is 12.1 Å². The fourth-order valence-corrected chi connectivity index (χ4v) is 2.28. The third-order valence-electron chi connectivity index (χ3n) is 2.88. The molecule has 1 aromatic carbocycles. The molecule has 0 saturated carbocycles. The topological polar surface area (TPSA) is 79.0 Å². The van der Waals surface area contributed by atoms with Gasteiger partial charge in [0.25, 0.3) is 5.91 Å². The van der Waals surface area contributed by atoms with Crippen molar-refractivity contribution in [1.29, 1.82) is 5.41 Å². The van der Waals surface area contributed by atoms with Gasteiger partial charge < -0.3 is 9.73 Å². The molecule has 3 rings (SSSR count). The van der Waals surface area contributed by atoms with Gasteiger partial charge in [-0.2, -0.15) is 0 Å². The number of anilines is 1. The van der Waals surface area contributed by atoms with Crippen LogP contribution in [0.15, 0.2) is 57.6 Å². The van der Waals surface area contributed by atoms with Crippen molar-refractivity contribution in [2.24, 2.45) is 0 Å². The third-order valence-corrected chi connectivity index (χ3v) is 3.37. The van der Waals surface area contributed by atoms with E-state index in [9.17, 15) is 4.79 Å². The van der Waals surface area contributed by atoms with Crippen LogP contribution in [-0.4, -0.2) is 10.9 Å². The second kappa shape index (κ2) is 5.49. The van der Waals surface area contributed by atoms with Gasteiger partial charge in [0.2, 0.25) is 5.55 Å². The fourth-order valence-electron chi connectivity index (χ4n) is 1.90. The number of pyridine rings is 1. The van der Waals surface area contributed by atoms with Gasteiger partial charge in [-0.15, -0.1) is 0 Å². The number of fused-ring (bicyclic) bond motifs is 1. The zero-order chi connectivity index (χ0) is 14.8. The van der Waals surface area contributed by atoms with Crippen molar-refractivity contribution in [3.05, 3.63) is 64.3 Å². The van der Waals surface area contributed by atoms with Crippen LogP contribution in [0.2, 0.25) is 0 Å². The monoisotopic (exact) mass is 343 g/mol. The van der Waals surface area contributed by atoms with Gasteiger partial charge in [-0.3, -0.25) is 10.2 Å². The number of rotatable bonds is 2. The quantitative estimate of drug-likeness (QED) is 0.748. The van der Waals surface area contributed by atoms with Crippen LogP contribution in [0.1, 0.15) is 10.4 Å². The van der Waals surface area contributed by atoms with Crippen LogP contribution in [0.5, 0.6) is 0 Å². The normalized spacial score (nSPS) is 10.5. The van der Waals surface area contributed by atoms with Crippen LogP contribution < -0.4 is 10.9 Å². The maximum absolute atomic E-state index is 12.2. The summed E-state index contributed by atoms with van der Waals surface area (Å²) in [4.78, 5) is 16.2. The highest BCUT2D eigenvalue weighted by Crippen LogP contribution is 2.19. The van der Waals surface area contributed by atoms with Gasteiger partial charge in [-0.25, -0.2) is 4.98 Å². The number of amides is 1. The molecule has 0 atom stereocenters. The van der Waals surface area contributed by atoms with E-state index in [4.69, 9.17) is 9.83 Å². The zero-order valence-corrected chi connectivity index (χ0v) is 12.3. The molecule has 6 heteroatoms. The first-order valence-electron chi connectivity index (χ1n) is 6.14. The lowest BCUT2D eigenvalue weighted by atomic mass is 10.2. The minimum Gasteiger partial charge on any atom is -0.438 e. The largest absolute Gasteiger partial charge is 0.438 e. The summed E-state index contributed by atoms with van der Waals surface area (Å²) in [6.45, 7) is 0. The molecular weight excluding hydrogens is 334 g/mol. The van der Waals surface area contributed by atoms with Gasteiger partial charge in [-0.1, -0.05) is 22.0 Å². The van der Waals surface area contributed by atoms with Crippen LogP contribution in [0.3, 0.4) is 0 Å². The summed E-state index contributed by atoms with van der Waals surface area (Å²) in [5, 5.41) is 11.2. The van der Waals surface area contributed by atoms with Crippen molar-refractivity contribution in [1.82, 2.24) is 4.98 Å². The summed E-state index contributed by atoms with van der Waals surface area (Å²) < 4.78 is 6.25. The molecule has 1 amide bonds. The minimum atomic E-state index is -0.427. The third kappa shape index (κ3) is 2.85. The molecule has 2 aromatic heterocycles. The number of nitrogens with one attached hydrogen (secondary N) is 2. The van der Waals surface area contributed by atoms with Crippen LogP contribution in [-0.2, 0) is 0 Å². The van der Waals surface area contributed by atoms with Crippen LogP contribution in [0.25, 0.3) is 11.0 Å². The predicted octanol–water partition coefficient (Wildman–Crippen LogP) is 3.32. The Hall–Kier alpha value is -2.47. The molecular formula is C15H10BrN3O2. The summed E-state index contributed by atoms with van der Waals surface area (Å²) in [5.74, 6) is 0.000523. The van der Waals surface area contributed by atoms with Gasteiger partial charge in [-0.05, 0) is 36.4 Å². The highest BCUT2D eigenvalue weighted by Gasteiger charge is 2.12. The molecule has 0 bridgehead atoms. The molecule has 0 radical (unpaired) electrons. The van der Waals surface area contributed by atoms with Gasteiger partial charge in [0.05, 0.1) is 0 Å². The molecule has 5 nitrogen and oxygen atoms in total. The van der Waals surface area contributed by atoms with Crippen molar-refractivity contribution in [2.45, 2.75) is 0 Å². The molecule has 3 aromatic rings. The molecule has 2 N–H and O–H groups in total. The number of benzene rings is 1. The lowest BCUT2D eigenvalue weighted by Crippen LogP contribution is -2.21. The summed E-state index contributed by atoms with van der Waals surface area (Å²) in [6.07, 6.45) is 1.58. The molecule has 0 aliphatic rings. The second-order valence-electron chi connectivity index (χ2n) is 4.34. The first-order chi connectivity index (χ1) is 10.1. The summed E-state index contributed by atoms with van der Waals surface area (Å²) in [6, 6.07) is 12.2. The summed E-state index contributed by atoms with van der Waals surface area (Å²) in [7, 11) is 0. The van der Waals surface area contributed by atoms with Gasteiger partial charge in [0.15, 0.2) is 0 Å². The van der Waals surface area contributed by atoms with Crippen LogP contribution in [0, 0.1) is 5.41 Å². The average Bonchev–Trinajstić information content (AvgIpc) is 2.48. The van der Waals surface area contributed by atoms with E-state index in [0.717, 1.165) is 9.86 Å². The number of carbonyl (C=O) groups excluding carboxylic acids is 1. The number of halogens is 1. The molecule has 0 aliphatic carbocycles. The Morgan fingerprint density at radius 3 is 2.86 bits per heavy atom. The van der Waals surface area contributed by atoms with E-state index in [2.05, 4.69) is 26.2 Å². The molecule has 0 spiro atoms. The highest BCUT2D eigenvalue weighted by molar-refractivity contribution is 9.10. The summed E-state index contributed by atoms with van der Waals surface area (Å²) in [5.41, 5.74) is 0.530. The molecule has 0 aliphatic heterocycles. The Balaban J connectivity index is 2.01. The highest BCUT2D eigenvalue weighted by atomic mass is 79.9. The van der Waals surface area contributed by atoms with E-state index >= 15 is 0 Å². The van der Waals surface area contributed by atoms with E-state index in [0.29, 0.717) is 11.4 Å². The van der Waals surface area contributed by atoms with E-state index in [-0.39, 0.29) is 11.1 Å². The lowest BCUT2D eigenvalue weighted by molar-refractivity contribution is 0.102. The number of aromatic nitrogens is 1. The smallest absolute Gasteiger partial charge is 0.262 e. The first-order valence-corrected chi connectivity index (χ1v) is 6.93. The Labute approximate surface area is 128 Å². The zero-order valence-electron chi connectivity index (χ0n) is 10.8. The van der Waals surface area contributed by atoms with E-state index in [1.165, 1.54) is 0 Å². The fraction of sp³-hybridized carbons (Fsp3) is 0. The van der Waals surface area contributed by atoms with E-state index in [1.54, 1.807) is 36.5 Å². The second-order valence-corrected chi connectivity index (χ2v) is 5.26. The minimum absolute atomic E-state index is 0.159. The van der Waals surface area contributed by atoms with Crippen molar-refractivity contribution >= 4 is 38.6 Å². The molecule has 104 valence electrons. The van der Waals surface area contributed by atoms with E-state index < -0.39 is 5.91 Å². The summed E-state index contributed by atoms with van der Waals surface area (Å²) >= 11 is 3.37. The Morgan fingerprint density at radius 1 is 1.24 bits per heavy atom. The van der Waals surface area contributed by atoms with Crippen molar-refractivity contribution < 1.29 is 9.21 Å². The van der Waals surface area contributed by atoms with Gasteiger partial charge in [0.1, 0.15) is 17.0 Å². The van der Waals surface area contributed by atoms with Crippen molar-refractivity contribution in [3.8, 4) is 0 Å². The molecule has 2 heterocycles. The Morgan fingerprint density at radius 2 is 2.10 bits per heavy atom. The lowest BCUT2D eigenvalue weighted by Gasteiger charge is -2.05. The van der Waals surface area contributed by atoms with Crippen LogP contribution >= 0.6 is 15.9 Å².